The lowest BCUT2D eigenvalue weighted by atomic mass is 10.0. The van der Waals surface area contributed by atoms with Gasteiger partial charge in [0, 0.05) is 29.8 Å². The van der Waals surface area contributed by atoms with Crippen molar-refractivity contribution in [3.63, 3.8) is 0 Å². The van der Waals surface area contributed by atoms with Crippen LogP contribution >= 0.6 is 0 Å². The fraction of sp³-hybridized carbons (Fsp3) is 0.138. The van der Waals surface area contributed by atoms with Gasteiger partial charge in [0.05, 0.1) is 11.3 Å². The molecule has 0 bridgehead atoms. The number of sulfonamides is 1. The van der Waals surface area contributed by atoms with Gasteiger partial charge in [-0.15, -0.1) is 15.3 Å². The minimum Gasteiger partial charge on any atom is -0.369 e. The molecule has 44 heavy (non-hydrogen) atoms. The number of nitrogens with zero attached hydrogens (tertiary/aromatic N) is 2. The van der Waals surface area contributed by atoms with Crippen LogP contribution in [-0.4, -0.2) is 20.3 Å². The van der Waals surface area contributed by atoms with Gasteiger partial charge in [-0.1, -0.05) is 55.5 Å². The lowest BCUT2D eigenvalue weighted by Crippen LogP contribution is -2.68. The third-order valence-electron chi connectivity index (χ3n) is 6.10. The quantitative estimate of drug-likeness (QED) is 0.0688. The molecule has 1 amide bonds. The van der Waals surface area contributed by atoms with E-state index in [4.69, 9.17) is 30.1 Å². The molecule has 6 N–H and O–H groups in total. The summed E-state index contributed by atoms with van der Waals surface area (Å²) in [5, 5.41) is 6.16. The molecular formula is C29H31ClN6O7S. The molecule has 4 aromatic rings. The standard InChI is InChI=1S/C29H30N6O3S.ClHO4/c1-2-25-19-23(21-9-5-3-6-10-21)20-27(22-11-7-4-8-12-22)35(25)18-17-28(36)32-24-13-15-26(16-14-24)39(37,38)34-33-29(30)31;2-1(3,4)5/h3-16,19-20,34H,2,17-18H2,1H3,(H4-,30,31,32,33,36);(H,2,3,4,5). The Hall–Kier alpha value is -4.57. The minimum absolute atomic E-state index is 0.0420. The zero-order valence-corrected chi connectivity index (χ0v) is 25.1. The van der Waals surface area contributed by atoms with Crippen molar-refractivity contribution in [2.24, 2.45) is 16.6 Å². The number of hydrogen-bond acceptors (Lipinski definition) is 8. The summed E-state index contributed by atoms with van der Waals surface area (Å²) >= 11 is 0. The normalized spacial score (nSPS) is 11.1. The molecule has 0 radical (unpaired) electrons. The van der Waals surface area contributed by atoms with Crippen LogP contribution in [0.3, 0.4) is 0 Å². The molecule has 0 saturated carbocycles. The van der Waals surface area contributed by atoms with Crippen LogP contribution in [0.2, 0.25) is 0 Å². The highest BCUT2D eigenvalue weighted by Crippen LogP contribution is 2.25. The number of rotatable bonds is 10. The minimum atomic E-state index is -4.94. The summed E-state index contributed by atoms with van der Waals surface area (Å²) in [5.74, 6) is -0.596. The van der Waals surface area contributed by atoms with E-state index in [1.807, 2.05) is 41.2 Å². The smallest absolute Gasteiger partial charge is 0.276 e. The molecule has 13 nitrogen and oxygen atoms in total. The largest absolute Gasteiger partial charge is 0.369 e. The number of carbonyl (C=O) groups is 1. The van der Waals surface area contributed by atoms with Gasteiger partial charge in [-0.05, 0) is 47.5 Å². The van der Waals surface area contributed by atoms with E-state index in [1.54, 1.807) is 0 Å². The molecule has 0 aliphatic rings. The molecule has 0 atom stereocenters. The first-order valence-corrected chi connectivity index (χ1v) is 15.8. The molecule has 0 aliphatic carbocycles. The van der Waals surface area contributed by atoms with Crippen LogP contribution in [0.5, 0.6) is 0 Å². The second-order valence-electron chi connectivity index (χ2n) is 9.19. The van der Waals surface area contributed by atoms with Crippen molar-refractivity contribution in [2.75, 3.05) is 5.32 Å². The van der Waals surface area contributed by atoms with Gasteiger partial charge in [-0.25, -0.2) is 18.6 Å². The molecule has 0 saturated heterocycles. The molecule has 3 aromatic carbocycles. The zero-order chi connectivity index (χ0) is 32.3. The van der Waals surface area contributed by atoms with E-state index in [9.17, 15) is 13.2 Å². The highest BCUT2D eigenvalue weighted by atomic mass is 35.7. The van der Waals surface area contributed by atoms with Gasteiger partial charge >= 0.3 is 0 Å². The SMILES string of the molecule is CCc1cc(-c2ccccc2)cc(-c2ccccc2)[n+]1CCC(=O)Nc1ccc(S(=O)(=O)NN=C(N)N)cc1.[O-][Cl+3]([O-])([O-])[O-]. The van der Waals surface area contributed by atoms with Crippen LogP contribution in [0.15, 0.2) is 107 Å². The second-order valence-corrected chi connectivity index (χ2v) is 11.6. The number of guanidine groups is 1. The van der Waals surface area contributed by atoms with E-state index in [0.717, 1.165) is 34.5 Å². The van der Waals surface area contributed by atoms with Gasteiger partial charge < -0.3 is 16.8 Å². The van der Waals surface area contributed by atoms with Gasteiger partial charge in [0.1, 0.15) is 0 Å². The Morgan fingerprint density at radius 1 is 0.841 bits per heavy atom. The zero-order valence-electron chi connectivity index (χ0n) is 23.6. The number of anilines is 1. The highest BCUT2D eigenvalue weighted by Gasteiger charge is 2.21. The first kappa shape index (κ1) is 33.9. The van der Waals surface area contributed by atoms with Crippen molar-refractivity contribution < 1.29 is 46.7 Å². The van der Waals surface area contributed by atoms with Crippen molar-refractivity contribution >= 4 is 27.6 Å². The van der Waals surface area contributed by atoms with E-state index in [0.29, 0.717) is 12.2 Å². The van der Waals surface area contributed by atoms with Crippen molar-refractivity contribution in [1.29, 1.82) is 0 Å². The number of hydrazone groups is 1. The summed E-state index contributed by atoms with van der Waals surface area (Å²) in [6, 6.07) is 30.4. The molecule has 1 heterocycles. The number of halogens is 1. The van der Waals surface area contributed by atoms with Crippen LogP contribution in [0.25, 0.3) is 22.4 Å². The average Bonchev–Trinajstić information content (AvgIpc) is 2.99. The van der Waals surface area contributed by atoms with Crippen molar-refractivity contribution in [3.05, 3.63) is 103 Å². The maximum atomic E-state index is 12.9. The monoisotopic (exact) mass is 642 g/mol. The Kier molecular flexibility index (Phi) is 11.8. The number of amides is 1. The molecular weight excluding hydrogens is 612 g/mol. The first-order valence-electron chi connectivity index (χ1n) is 13.1. The molecule has 0 aliphatic heterocycles. The summed E-state index contributed by atoms with van der Waals surface area (Å²) in [6.45, 7) is 2.58. The number of carbonyl (C=O) groups excluding carboxylic acids is 1. The van der Waals surface area contributed by atoms with Gasteiger partial charge in [0.25, 0.3) is 10.0 Å². The first-order chi connectivity index (χ1) is 20.8. The van der Waals surface area contributed by atoms with Gasteiger partial charge in [0.2, 0.25) is 17.6 Å². The number of aromatic nitrogens is 1. The fourth-order valence-corrected chi connectivity index (χ4v) is 5.03. The van der Waals surface area contributed by atoms with Crippen LogP contribution < -0.4 is 44.8 Å². The Balaban J connectivity index is 0.000000978. The van der Waals surface area contributed by atoms with Gasteiger partial charge in [-0.3, -0.25) is 4.79 Å². The molecule has 0 fully saturated rings. The van der Waals surface area contributed by atoms with E-state index < -0.39 is 26.2 Å². The molecule has 15 heteroatoms. The number of nitrogens with one attached hydrogen (secondary N) is 2. The molecule has 232 valence electrons. The number of benzene rings is 3. The predicted molar refractivity (Wildman–Crippen MR) is 153 cm³/mol. The number of nitrogens with two attached hydrogens (primary N) is 2. The lowest BCUT2D eigenvalue weighted by molar-refractivity contribution is -2.00. The Labute approximate surface area is 256 Å². The number of hydrogen-bond donors (Lipinski definition) is 4. The van der Waals surface area contributed by atoms with E-state index in [2.05, 4.69) is 58.3 Å². The predicted octanol–water partition coefficient (Wildman–Crippen LogP) is -1.39. The Bertz CT molecular complexity index is 1670. The van der Waals surface area contributed by atoms with E-state index >= 15 is 0 Å². The van der Waals surface area contributed by atoms with E-state index in [1.165, 1.54) is 24.3 Å². The molecule has 0 spiro atoms. The fourth-order valence-electron chi connectivity index (χ4n) is 4.20. The maximum absolute atomic E-state index is 12.9. The molecule has 0 unspecified atom stereocenters. The third-order valence-corrected chi connectivity index (χ3v) is 7.32. The molecule has 4 rings (SSSR count). The molecule has 1 aromatic heterocycles. The second kappa shape index (κ2) is 15.2. The lowest BCUT2D eigenvalue weighted by Gasteiger charge is -2.17. The summed E-state index contributed by atoms with van der Waals surface area (Å²) in [5.41, 5.74) is 16.3. The number of pyridine rings is 1. The van der Waals surface area contributed by atoms with Gasteiger partial charge in [-0.2, -0.15) is 17.8 Å². The van der Waals surface area contributed by atoms with Crippen LogP contribution in [0.1, 0.15) is 19.0 Å². The highest BCUT2D eigenvalue weighted by molar-refractivity contribution is 7.89. The third kappa shape index (κ3) is 10.6. The summed E-state index contributed by atoms with van der Waals surface area (Å²) < 4.78 is 60.6. The maximum Gasteiger partial charge on any atom is 0.276 e. The summed E-state index contributed by atoms with van der Waals surface area (Å²) in [4.78, 5) is 14.8. The van der Waals surface area contributed by atoms with E-state index in [-0.39, 0.29) is 17.2 Å². The summed E-state index contributed by atoms with van der Waals surface area (Å²) in [7, 11) is -8.87. The van der Waals surface area contributed by atoms with Crippen molar-refractivity contribution in [2.45, 2.75) is 31.2 Å². The van der Waals surface area contributed by atoms with Crippen LogP contribution in [0.4, 0.5) is 5.69 Å². The van der Waals surface area contributed by atoms with Crippen LogP contribution in [0, 0.1) is 10.2 Å². The van der Waals surface area contributed by atoms with Crippen LogP contribution in [-0.2, 0) is 27.8 Å². The summed E-state index contributed by atoms with van der Waals surface area (Å²) in [6.07, 6.45) is 1.03. The van der Waals surface area contributed by atoms with Crippen molar-refractivity contribution in [3.8, 4) is 22.4 Å². The number of aryl methyl sites for hydroxylation is 1. The Morgan fingerprint density at radius 3 is 1.91 bits per heavy atom. The van der Waals surface area contributed by atoms with Gasteiger partial charge in [0.15, 0.2) is 12.2 Å². The Morgan fingerprint density at radius 2 is 1.39 bits per heavy atom. The van der Waals surface area contributed by atoms with Crippen molar-refractivity contribution in [1.82, 2.24) is 4.83 Å². The topological polar surface area (TPSA) is 236 Å². The average molecular weight is 643 g/mol.